The summed E-state index contributed by atoms with van der Waals surface area (Å²) in [6.07, 6.45) is 2.77. The van der Waals surface area contributed by atoms with Crippen molar-refractivity contribution < 1.29 is 9.53 Å². The van der Waals surface area contributed by atoms with Gasteiger partial charge in [0.05, 0.1) is 30.1 Å². The van der Waals surface area contributed by atoms with Gasteiger partial charge in [-0.1, -0.05) is 0 Å². The molecule has 1 saturated heterocycles. The lowest BCUT2D eigenvalue weighted by atomic mass is 10.1. The predicted molar refractivity (Wildman–Crippen MR) is 82.9 cm³/mol. The lowest BCUT2D eigenvalue weighted by molar-refractivity contribution is -0.0249. The highest BCUT2D eigenvalue weighted by Crippen LogP contribution is 2.22. The van der Waals surface area contributed by atoms with Gasteiger partial charge < -0.3 is 9.64 Å². The zero-order chi connectivity index (χ0) is 16.4. The second-order valence-corrected chi connectivity index (χ2v) is 5.61. The third kappa shape index (κ3) is 3.34. The molecule has 23 heavy (non-hydrogen) atoms. The molecule has 3 rings (SSSR count). The Labute approximate surface area is 134 Å². The number of carbonyl (C=O) groups excluding carboxylic acids is 1. The molecule has 1 aliphatic heterocycles. The molecule has 0 aliphatic carbocycles. The Bertz CT molecular complexity index is 714. The summed E-state index contributed by atoms with van der Waals surface area (Å²) in [6, 6.07) is 1.91. The van der Waals surface area contributed by atoms with Crippen LogP contribution in [0.1, 0.15) is 39.4 Å². The van der Waals surface area contributed by atoms with Crippen LogP contribution in [0.3, 0.4) is 0 Å². The molecular formula is C16H19N5O2. The summed E-state index contributed by atoms with van der Waals surface area (Å²) < 4.78 is 5.81. The van der Waals surface area contributed by atoms with Crippen LogP contribution in [0.4, 0.5) is 0 Å². The second-order valence-electron chi connectivity index (χ2n) is 5.61. The number of aryl methyl sites for hydroxylation is 3. The Kier molecular flexibility index (Phi) is 4.29. The van der Waals surface area contributed by atoms with Crippen LogP contribution in [0.15, 0.2) is 18.6 Å². The molecule has 3 heterocycles. The molecular weight excluding hydrogens is 294 g/mol. The van der Waals surface area contributed by atoms with E-state index in [-0.39, 0.29) is 12.0 Å². The van der Waals surface area contributed by atoms with Gasteiger partial charge in [-0.2, -0.15) is 0 Å². The molecule has 1 atom stereocenters. The van der Waals surface area contributed by atoms with Crippen LogP contribution in [0.25, 0.3) is 0 Å². The molecule has 0 N–H and O–H groups in total. The highest BCUT2D eigenvalue weighted by molar-refractivity contribution is 5.95. The molecule has 0 saturated carbocycles. The summed E-state index contributed by atoms with van der Waals surface area (Å²) in [4.78, 5) is 31.2. The van der Waals surface area contributed by atoms with E-state index in [1.165, 1.54) is 6.33 Å². The lowest BCUT2D eigenvalue weighted by Gasteiger charge is -2.33. The average molecular weight is 313 g/mol. The number of ether oxygens (including phenoxy) is 1. The first-order chi connectivity index (χ1) is 11.0. The van der Waals surface area contributed by atoms with Crippen LogP contribution in [0.2, 0.25) is 0 Å². The van der Waals surface area contributed by atoms with Crippen LogP contribution in [-0.4, -0.2) is 50.4 Å². The minimum atomic E-state index is -0.238. The van der Waals surface area contributed by atoms with Gasteiger partial charge in [-0.3, -0.25) is 4.79 Å². The zero-order valence-corrected chi connectivity index (χ0v) is 13.5. The minimum Gasteiger partial charge on any atom is -0.368 e. The largest absolute Gasteiger partial charge is 0.368 e. The van der Waals surface area contributed by atoms with Crippen molar-refractivity contribution in [2.75, 3.05) is 19.7 Å². The third-order valence-corrected chi connectivity index (χ3v) is 3.81. The minimum absolute atomic E-state index is 0.0705. The van der Waals surface area contributed by atoms with Crippen LogP contribution in [-0.2, 0) is 4.74 Å². The fourth-order valence-corrected chi connectivity index (χ4v) is 2.69. The molecule has 1 aliphatic rings. The van der Waals surface area contributed by atoms with Gasteiger partial charge in [-0.15, -0.1) is 0 Å². The number of carbonyl (C=O) groups is 1. The maximum Gasteiger partial charge on any atom is 0.257 e. The smallest absolute Gasteiger partial charge is 0.257 e. The second kappa shape index (κ2) is 6.37. The van der Waals surface area contributed by atoms with Gasteiger partial charge in [-0.05, 0) is 26.8 Å². The van der Waals surface area contributed by atoms with E-state index in [1.807, 2.05) is 26.8 Å². The molecule has 7 heteroatoms. The Morgan fingerprint density at radius 2 is 2.13 bits per heavy atom. The topological polar surface area (TPSA) is 81.1 Å². The molecule has 7 nitrogen and oxygen atoms in total. The number of amides is 1. The first-order valence-electron chi connectivity index (χ1n) is 7.54. The zero-order valence-electron chi connectivity index (χ0n) is 13.5. The van der Waals surface area contributed by atoms with Crippen molar-refractivity contribution in [1.82, 2.24) is 24.8 Å². The monoisotopic (exact) mass is 313 g/mol. The van der Waals surface area contributed by atoms with E-state index in [2.05, 4.69) is 19.9 Å². The van der Waals surface area contributed by atoms with Crippen molar-refractivity contribution in [2.24, 2.45) is 0 Å². The predicted octanol–water partition coefficient (Wildman–Crippen LogP) is 1.41. The lowest BCUT2D eigenvalue weighted by Crippen LogP contribution is -2.42. The fourth-order valence-electron chi connectivity index (χ4n) is 2.69. The van der Waals surface area contributed by atoms with E-state index in [4.69, 9.17) is 4.74 Å². The van der Waals surface area contributed by atoms with E-state index >= 15 is 0 Å². The number of hydrogen-bond acceptors (Lipinski definition) is 6. The average Bonchev–Trinajstić information content (AvgIpc) is 2.54. The normalized spacial score (nSPS) is 18.0. The van der Waals surface area contributed by atoms with Crippen LogP contribution >= 0.6 is 0 Å². The summed E-state index contributed by atoms with van der Waals surface area (Å²) in [6.45, 7) is 7.08. The van der Waals surface area contributed by atoms with Gasteiger partial charge >= 0.3 is 0 Å². The van der Waals surface area contributed by atoms with Crippen molar-refractivity contribution >= 4 is 5.91 Å². The van der Waals surface area contributed by atoms with E-state index in [9.17, 15) is 4.79 Å². The molecule has 0 aromatic carbocycles. The van der Waals surface area contributed by atoms with Gasteiger partial charge in [0.2, 0.25) is 0 Å². The van der Waals surface area contributed by atoms with Crippen molar-refractivity contribution in [3.05, 3.63) is 47.1 Å². The number of morpholine rings is 1. The Hall–Kier alpha value is -2.41. The molecule has 2 aromatic rings. The molecule has 1 fully saturated rings. The van der Waals surface area contributed by atoms with Gasteiger partial charge in [-0.25, -0.2) is 19.9 Å². The summed E-state index contributed by atoms with van der Waals surface area (Å²) in [7, 11) is 0. The van der Waals surface area contributed by atoms with Gasteiger partial charge in [0.1, 0.15) is 18.3 Å². The first kappa shape index (κ1) is 15.5. The number of rotatable bonds is 2. The molecule has 1 amide bonds. The molecule has 0 radical (unpaired) electrons. The molecule has 120 valence electrons. The van der Waals surface area contributed by atoms with Gasteiger partial charge in [0.25, 0.3) is 5.91 Å². The summed E-state index contributed by atoms with van der Waals surface area (Å²) in [5.41, 5.74) is 2.92. The molecule has 0 spiro atoms. The van der Waals surface area contributed by atoms with Crippen LogP contribution < -0.4 is 0 Å². The number of hydrogen-bond donors (Lipinski definition) is 0. The molecule has 0 unspecified atom stereocenters. The van der Waals surface area contributed by atoms with Crippen LogP contribution in [0, 0.1) is 20.8 Å². The summed E-state index contributed by atoms with van der Waals surface area (Å²) >= 11 is 0. The highest BCUT2D eigenvalue weighted by atomic mass is 16.5. The van der Waals surface area contributed by atoms with Crippen molar-refractivity contribution in [2.45, 2.75) is 26.9 Å². The van der Waals surface area contributed by atoms with E-state index in [1.54, 1.807) is 11.1 Å². The van der Waals surface area contributed by atoms with E-state index in [0.29, 0.717) is 36.8 Å². The third-order valence-electron chi connectivity index (χ3n) is 3.81. The van der Waals surface area contributed by atoms with Crippen molar-refractivity contribution in [3.63, 3.8) is 0 Å². The fraction of sp³-hybridized carbons (Fsp3) is 0.438. The number of aromatic nitrogens is 4. The Morgan fingerprint density at radius 1 is 1.30 bits per heavy atom. The standard InChI is InChI=1S/C16H19N5O2/c1-10-6-14(20-12(3)19-10)15-8-21(4-5-23-15)16(22)13-7-17-9-18-11(13)2/h6-7,9,15H,4-5,8H2,1-3H3/t15-/m0/s1. The van der Waals surface area contributed by atoms with Gasteiger partial charge in [0.15, 0.2) is 0 Å². The van der Waals surface area contributed by atoms with Crippen molar-refractivity contribution in [3.8, 4) is 0 Å². The Balaban J connectivity index is 1.81. The van der Waals surface area contributed by atoms with Gasteiger partial charge in [0, 0.05) is 18.4 Å². The quantitative estimate of drug-likeness (QED) is 0.834. The SMILES string of the molecule is Cc1cc([C@@H]2CN(C(=O)c3cncnc3C)CCO2)nc(C)n1. The molecule has 0 bridgehead atoms. The first-order valence-corrected chi connectivity index (χ1v) is 7.54. The number of nitrogens with zero attached hydrogens (tertiary/aromatic N) is 5. The Morgan fingerprint density at radius 3 is 2.87 bits per heavy atom. The van der Waals surface area contributed by atoms with E-state index in [0.717, 1.165) is 11.4 Å². The highest BCUT2D eigenvalue weighted by Gasteiger charge is 2.28. The summed E-state index contributed by atoms with van der Waals surface area (Å²) in [5, 5.41) is 0. The summed E-state index contributed by atoms with van der Waals surface area (Å²) in [5.74, 6) is 0.637. The van der Waals surface area contributed by atoms with Crippen LogP contribution in [0.5, 0.6) is 0 Å². The van der Waals surface area contributed by atoms with Crippen molar-refractivity contribution in [1.29, 1.82) is 0 Å². The maximum atomic E-state index is 12.7. The maximum absolute atomic E-state index is 12.7. The molecule has 2 aromatic heterocycles. The van der Waals surface area contributed by atoms with E-state index < -0.39 is 0 Å².